The Morgan fingerprint density at radius 1 is 1.26 bits per heavy atom. The van der Waals surface area contributed by atoms with Crippen LogP contribution in [0.3, 0.4) is 0 Å². The molecule has 2 aromatic rings. The molecule has 3 nitrogen and oxygen atoms in total. The number of carbonyl (C=O) groups excluding carboxylic acids is 1. The van der Waals surface area contributed by atoms with Gasteiger partial charge in [0.2, 0.25) is 5.91 Å². The van der Waals surface area contributed by atoms with Crippen LogP contribution >= 0.6 is 0 Å². The summed E-state index contributed by atoms with van der Waals surface area (Å²) >= 11 is 0. The van der Waals surface area contributed by atoms with Crippen molar-refractivity contribution in [2.24, 2.45) is 5.41 Å². The van der Waals surface area contributed by atoms with Crippen LogP contribution in [0.25, 0.3) is 10.8 Å². The molecule has 0 saturated carbocycles. The first-order valence-corrected chi connectivity index (χ1v) is 6.30. The number of hydrogen-bond donors (Lipinski definition) is 1. The lowest BCUT2D eigenvalue weighted by Crippen LogP contribution is -2.31. The topological polar surface area (TPSA) is 52.9 Å². The molecule has 0 saturated heterocycles. The molecular weight excluding hydrogens is 236 g/mol. The van der Waals surface area contributed by atoms with Gasteiger partial charge in [-0.15, -0.1) is 0 Å². The predicted molar refractivity (Wildman–Crippen MR) is 76.6 cm³/mol. The van der Waals surface area contributed by atoms with Crippen molar-refractivity contribution in [2.75, 3.05) is 5.32 Å². The summed E-state index contributed by atoms with van der Waals surface area (Å²) in [5, 5.41) is 14.1. The van der Waals surface area contributed by atoms with Gasteiger partial charge in [-0.1, -0.05) is 37.3 Å². The predicted octanol–water partition coefficient (Wildman–Crippen LogP) is 3.72. The molecular formula is C16H16N2O. The molecule has 0 aliphatic heterocycles. The Morgan fingerprint density at radius 3 is 2.58 bits per heavy atom. The highest BCUT2D eigenvalue weighted by Crippen LogP contribution is 2.24. The van der Waals surface area contributed by atoms with Gasteiger partial charge in [-0.05, 0) is 36.2 Å². The highest BCUT2D eigenvalue weighted by molar-refractivity contribution is 5.98. The highest BCUT2D eigenvalue weighted by Gasteiger charge is 2.31. The lowest BCUT2D eigenvalue weighted by Gasteiger charge is -2.18. The van der Waals surface area contributed by atoms with Crippen LogP contribution in [0.4, 0.5) is 5.69 Å². The number of amides is 1. The maximum atomic E-state index is 12.1. The number of hydrogen-bond acceptors (Lipinski definition) is 2. The second-order valence-electron chi connectivity index (χ2n) is 4.81. The molecule has 1 unspecified atom stereocenters. The fourth-order valence-corrected chi connectivity index (χ4v) is 1.83. The minimum Gasteiger partial charge on any atom is -0.325 e. The SMILES string of the molecule is CCC(C)(C#N)C(=O)Nc1ccc2ccccc2c1. The molecule has 96 valence electrons. The summed E-state index contributed by atoms with van der Waals surface area (Å²) in [6.07, 6.45) is 0.489. The van der Waals surface area contributed by atoms with E-state index in [0.717, 1.165) is 16.5 Å². The lowest BCUT2D eigenvalue weighted by atomic mass is 9.88. The largest absolute Gasteiger partial charge is 0.325 e. The third-order valence-electron chi connectivity index (χ3n) is 3.46. The summed E-state index contributed by atoms with van der Waals surface area (Å²) in [7, 11) is 0. The van der Waals surface area contributed by atoms with Gasteiger partial charge in [-0.2, -0.15) is 5.26 Å². The Morgan fingerprint density at radius 2 is 1.95 bits per heavy atom. The third-order valence-corrected chi connectivity index (χ3v) is 3.46. The highest BCUT2D eigenvalue weighted by atomic mass is 16.2. The summed E-state index contributed by atoms with van der Waals surface area (Å²) in [4.78, 5) is 12.1. The van der Waals surface area contributed by atoms with E-state index in [0.29, 0.717) is 6.42 Å². The number of nitrogens with one attached hydrogen (secondary N) is 1. The molecule has 0 spiro atoms. The van der Waals surface area contributed by atoms with Crippen LogP contribution in [0.1, 0.15) is 20.3 Å². The zero-order chi connectivity index (χ0) is 13.9. The van der Waals surface area contributed by atoms with E-state index >= 15 is 0 Å². The molecule has 0 fully saturated rings. The maximum absolute atomic E-state index is 12.1. The summed E-state index contributed by atoms with van der Waals surface area (Å²) in [6, 6.07) is 15.8. The zero-order valence-electron chi connectivity index (χ0n) is 11.1. The van der Waals surface area contributed by atoms with Crippen molar-refractivity contribution in [3.63, 3.8) is 0 Å². The Balaban J connectivity index is 2.27. The van der Waals surface area contributed by atoms with Gasteiger partial charge < -0.3 is 5.32 Å². The molecule has 1 amide bonds. The van der Waals surface area contributed by atoms with E-state index in [1.54, 1.807) is 6.92 Å². The second kappa shape index (κ2) is 5.11. The van der Waals surface area contributed by atoms with Crippen LogP contribution in [0.2, 0.25) is 0 Å². The second-order valence-corrected chi connectivity index (χ2v) is 4.81. The fraction of sp³-hybridized carbons (Fsp3) is 0.250. The number of nitrogens with zero attached hydrogens (tertiary/aromatic N) is 1. The van der Waals surface area contributed by atoms with Crippen molar-refractivity contribution < 1.29 is 4.79 Å². The van der Waals surface area contributed by atoms with Crippen LogP contribution in [0, 0.1) is 16.7 Å². The monoisotopic (exact) mass is 252 g/mol. The third kappa shape index (κ3) is 2.58. The van der Waals surface area contributed by atoms with E-state index in [4.69, 9.17) is 5.26 Å². The molecule has 0 aliphatic rings. The Labute approximate surface area is 112 Å². The van der Waals surface area contributed by atoms with E-state index in [2.05, 4.69) is 11.4 Å². The molecule has 1 N–H and O–H groups in total. The minimum atomic E-state index is -0.981. The van der Waals surface area contributed by atoms with Crippen molar-refractivity contribution in [1.29, 1.82) is 5.26 Å². The number of anilines is 1. The fourth-order valence-electron chi connectivity index (χ4n) is 1.83. The van der Waals surface area contributed by atoms with Gasteiger partial charge in [-0.3, -0.25) is 4.79 Å². The van der Waals surface area contributed by atoms with Crippen molar-refractivity contribution in [2.45, 2.75) is 20.3 Å². The number of fused-ring (bicyclic) bond motifs is 1. The van der Waals surface area contributed by atoms with Crippen LogP contribution in [-0.4, -0.2) is 5.91 Å². The Bertz CT molecular complexity index is 657. The van der Waals surface area contributed by atoms with Crippen LogP contribution in [0.5, 0.6) is 0 Å². The number of rotatable bonds is 3. The summed E-state index contributed by atoms with van der Waals surface area (Å²) < 4.78 is 0. The van der Waals surface area contributed by atoms with Gasteiger partial charge in [0.05, 0.1) is 6.07 Å². The molecule has 0 aromatic heterocycles. The van der Waals surface area contributed by atoms with E-state index in [-0.39, 0.29) is 5.91 Å². The van der Waals surface area contributed by atoms with Gasteiger partial charge in [0, 0.05) is 5.69 Å². The van der Waals surface area contributed by atoms with Gasteiger partial charge in [0.25, 0.3) is 0 Å². The average molecular weight is 252 g/mol. The van der Waals surface area contributed by atoms with Gasteiger partial charge >= 0.3 is 0 Å². The van der Waals surface area contributed by atoms with Crippen molar-refractivity contribution >= 4 is 22.4 Å². The summed E-state index contributed by atoms with van der Waals surface area (Å²) in [5.74, 6) is -0.257. The van der Waals surface area contributed by atoms with Crippen LogP contribution < -0.4 is 5.32 Å². The molecule has 0 heterocycles. The first-order valence-electron chi connectivity index (χ1n) is 6.30. The zero-order valence-corrected chi connectivity index (χ0v) is 11.1. The van der Waals surface area contributed by atoms with E-state index in [9.17, 15) is 4.79 Å². The van der Waals surface area contributed by atoms with E-state index in [1.807, 2.05) is 49.4 Å². The van der Waals surface area contributed by atoms with Crippen molar-refractivity contribution in [3.05, 3.63) is 42.5 Å². The Kier molecular flexibility index (Phi) is 3.52. The van der Waals surface area contributed by atoms with Gasteiger partial charge in [0.1, 0.15) is 5.41 Å². The standard InChI is InChI=1S/C16H16N2O/c1-3-16(2,11-17)15(19)18-14-9-8-12-6-4-5-7-13(12)10-14/h4-10H,3H2,1-2H3,(H,18,19). The molecule has 0 bridgehead atoms. The number of nitriles is 1. The molecule has 1 atom stereocenters. The first kappa shape index (κ1) is 13.1. The first-order chi connectivity index (χ1) is 9.09. The maximum Gasteiger partial charge on any atom is 0.244 e. The lowest BCUT2D eigenvalue weighted by molar-refractivity contribution is -0.122. The van der Waals surface area contributed by atoms with E-state index < -0.39 is 5.41 Å². The average Bonchev–Trinajstić information content (AvgIpc) is 2.46. The van der Waals surface area contributed by atoms with Crippen LogP contribution in [0.15, 0.2) is 42.5 Å². The molecule has 3 heteroatoms. The van der Waals surface area contributed by atoms with Crippen LogP contribution in [-0.2, 0) is 4.79 Å². The Hall–Kier alpha value is -2.34. The van der Waals surface area contributed by atoms with Gasteiger partial charge in [0.15, 0.2) is 0 Å². The normalized spacial score (nSPS) is 13.5. The molecule has 2 rings (SSSR count). The quantitative estimate of drug-likeness (QED) is 0.905. The molecule has 0 radical (unpaired) electrons. The molecule has 2 aromatic carbocycles. The van der Waals surface area contributed by atoms with E-state index in [1.165, 1.54) is 0 Å². The summed E-state index contributed by atoms with van der Waals surface area (Å²) in [5.41, 5.74) is -0.260. The number of carbonyl (C=O) groups is 1. The van der Waals surface area contributed by atoms with Crippen molar-refractivity contribution in [1.82, 2.24) is 0 Å². The summed E-state index contributed by atoms with van der Waals surface area (Å²) in [6.45, 7) is 3.49. The smallest absolute Gasteiger partial charge is 0.244 e. The molecule has 0 aliphatic carbocycles. The van der Waals surface area contributed by atoms with Crippen molar-refractivity contribution in [3.8, 4) is 6.07 Å². The molecule has 19 heavy (non-hydrogen) atoms. The minimum absolute atomic E-state index is 0.257. The number of benzene rings is 2. The van der Waals surface area contributed by atoms with Gasteiger partial charge in [-0.25, -0.2) is 0 Å².